The van der Waals surface area contributed by atoms with Crippen molar-refractivity contribution < 1.29 is 9.47 Å². The van der Waals surface area contributed by atoms with Gasteiger partial charge >= 0.3 is 0 Å². The van der Waals surface area contributed by atoms with Crippen LogP contribution in [0.2, 0.25) is 0 Å². The van der Waals surface area contributed by atoms with Crippen LogP contribution in [0.4, 0.5) is 0 Å². The van der Waals surface area contributed by atoms with Crippen LogP contribution in [-0.2, 0) is 9.47 Å². The molecule has 24 heavy (non-hydrogen) atoms. The molecular weight excluding hydrogens is 300 g/mol. The molecule has 1 unspecified atom stereocenters. The van der Waals surface area contributed by atoms with Crippen LogP contribution in [0, 0.1) is 28.6 Å². The molecule has 1 atom stereocenters. The molecule has 0 radical (unpaired) electrons. The average Bonchev–Trinajstić information content (AvgIpc) is 2.61. The van der Waals surface area contributed by atoms with Crippen LogP contribution in [0.1, 0.15) is 90.4 Å². The second-order valence-corrected chi connectivity index (χ2v) is 6.54. The number of unbranched alkanes of at least 4 members (excludes halogenated alkanes) is 7. The molecule has 0 aromatic rings. The lowest BCUT2D eigenvalue weighted by molar-refractivity contribution is -0.247. The van der Waals surface area contributed by atoms with Crippen molar-refractivity contribution in [3.63, 3.8) is 0 Å². The normalized spacial score (nSPS) is 12.5. The Morgan fingerprint density at radius 1 is 0.792 bits per heavy atom. The number of hydrogen-bond donors (Lipinski definition) is 0. The SMILES string of the molecule is CCCCCCCCC(CCCC#N)C(CCCC#N)(OC)OC. The first-order valence-corrected chi connectivity index (χ1v) is 9.54. The highest BCUT2D eigenvalue weighted by atomic mass is 16.7. The summed E-state index contributed by atoms with van der Waals surface area (Å²) < 4.78 is 11.6. The zero-order chi connectivity index (χ0) is 18.1. The summed E-state index contributed by atoms with van der Waals surface area (Å²) in [5.74, 6) is -0.332. The number of methoxy groups -OCH3 is 2. The van der Waals surface area contributed by atoms with Gasteiger partial charge in [0.05, 0.1) is 12.1 Å². The van der Waals surface area contributed by atoms with Crippen molar-refractivity contribution in [1.29, 1.82) is 10.5 Å². The first kappa shape index (κ1) is 22.9. The van der Waals surface area contributed by atoms with Gasteiger partial charge in [0.15, 0.2) is 5.79 Å². The molecule has 0 bridgehead atoms. The zero-order valence-corrected chi connectivity index (χ0v) is 16.0. The molecule has 4 nitrogen and oxygen atoms in total. The topological polar surface area (TPSA) is 66.0 Å². The second kappa shape index (κ2) is 15.4. The number of nitriles is 2. The van der Waals surface area contributed by atoms with Crippen molar-refractivity contribution in [1.82, 2.24) is 0 Å². The van der Waals surface area contributed by atoms with E-state index < -0.39 is 5.79 Å². The van der Waals surface area contributed by atoms with Gasteiger partial charge in [-0.15, -0.1) is 0 Å². The van der Waals surface area contributed by atoms with Gasteiger partial charge in [-0.2, -0.15) is 10.5 Å². The lowest BCUT2D eigenvalue weighted by atomic mass is 9.84. The van der Waals surface area contributed by atoms with E-state index in [-0.39, 0.29) is 5.92 Å². The van der Waals surface area contributed by atoms with Crippen LogP contribution >= 0.6 is 0 Å². The standard InChI is InChI=1S/C20H36N2O2/c1-4-5-6-7-8-9-14-19(15-10-12-17-21)20(23-2,24-3)16-11-13-18-22/h19H,4-16H2,1-3H3. The van der Waals surface area contributed by atoms with Crippen LogP contribution < -0.4 is 0 Å². The predicted molar refractivity (Wildman–Crippen MR) is 97.2 cm³/mol. The Kier molecular flexibility index (Phi) is 14.7. The molecule has 0 heterocycles. The van der Waals surface area contributed by atoms with Crippen molar-refractivity contribution in [3.8, 4) is 12.1 Å². The van der Waals surface area contributed by atoms with Crippen molar-refractivity contribution in [3.05, 3.63) is 0 Å². The van der Waals surface area contributed by atoms with Crippen LogP contribution in [0.5, 0.6) is 0 Å². The number of ether oxygens (including phenoxy) is 2. The van der Waals surface area contributed by atoms with E-state index in [1.54, 1.807) is 14.2 Å². The van der Waals surface area contributed by atoms with E-state index in [1.165, 1.54) is 38.5 Å². The Morgan fingerprint density at radius 3 is 1.92 bits per heavy atom. The Bertz CT molecular complexity index is 367. The lowest BCUT2D eigenvalue weighted by Crippen LogP contribution is -2.42. The zero-order valence-electron chi connectivity index (χ0n) is 16.0. The van der Waals surface area contributed by atoms with Gasteiger partial charge in [-0.1, -0.05) is 45.4 Å². The Hall–Kier alpha value is -1.10. The third kappa shape index (κ3) is 9.26. The van der Waals surface area contributed by atoms with Gasteiger partial charge in [0, 0.05) is 39.4 Å². The predicted octanol–water partition coefficient (Wildman–Crippen LogP) is 5.73. The van der Waals surface area contributed by atoms with Crippen molar-refractivity contribution >= 4 is 0 Å². The van der Waals surface area contributed by atoms with E-state index in [0.717, 1.165) is 32.1 Å². The molecule has 0 aliphatic rings. The van der Waals surface area contributed by atoms with Crippen LogP contribution in [-0.4, -0.2) is 20.0 Å². The summed E-state index contributed by atoms with van der Waals surface area (Å²) in [6.07, 6.45) is 13.1. The second-order valence-electron chi connectivity index (χ2n) is 6.54. The summed E-state index contributed by atoms with van der Waals surface area (Å²) in [6.45, 7) is 2.23. The molecule has 0 aromatic carbocycles. The maximum atomic E-state index is 8.82. The van der Waals surface area contributed by atoms with E-state index in [4.69, 9.17) is 20.0 Å². The number of nitrogens with zero attached hydrogens (tertiary/aromatic N) is 2. The summed E-state index contributed by atoms with van der Waals surface area (Å²) in [5, 5.41) is 17.6. The molecule has 0 saturated heterocycles. The van der Waals surface area contributed by atoms with Crippen molar-refractivity contribution in [2.75, 3.05) is 14.2 Å². The van der Waals surface area contributed by atoms with Crippen molar-refractivity contribution in [2.45, 2.75) is 96.2 Å². The maximum Gasteiger partial charge on any atom is 0.170 e. The molecule has 0 spiro atoms. The fourth-order valence-corrected chi connectivity index (χ4v) is 3.42. The highest BCUT2D eigenvalue weighted by Crippen LogP contribution is 2.36. The molecule has 0 amide bonds. The summed E-state index contributed by atoms with van der Waals surface area (Å²) >= 11 is 0. The fraction of sp³-hybridized carbons (Fsp3) is 0.900. The van der Waals surface area contributed by atoms with Gasteiger partial charge in [0.25, 0.3) is 0 Å². The summed E-state index contributed by atoms with van der Waals surface area (Å²) in [6, 6.07) is 4.43. The van der Waals surface area contributed by atoms with Gasteiger partial charge in [-0.25, -0.2) is 0 Å². The van der Waals surface area contributed by atoms with Crippen molar-refractivity contribution in [2.24, 2.45) is 5.92 Å². The monoisotopic (exact) mass is 336 g/mol. The minimum Gasteiger partial charge on any atom is -0.353 e. The van der Waals surface area contributed by atoms with Crippen LogP contribution in [0.25, 0.3) is 0 Å². The lowest BCUT2D eigenvalue weighted by Gasteiger charge is -2.38. The molecule has 0 N–H and O–H groups in total. The summed E-state index contributed by atoms with van der Waals surface area (Å²) in [4.78, 5) is 0. The summed E-state index contributed by atoms with van der Waals surface area (Å²) in [5.41, 5.74) is 0. The van der Waals surface area contributed by atoms with E-state index in [2.05, 4.69) is 19.1 Å². The smallest absolute Gasteiger partial charge is 0.170 e. The molecule has 4 heteroatoms. The van der Waals surface area contributed by atoms with E-state index in [1.807, 2.05) is 0 Å². The van der Waals surface area contributed by atoms with Gasteiger partial charge in [0.2, 0.25) is 0 Å². The molecule has 0 aliphatic carbocycles. The number of rotatable bonds is 16. The molecular formula is C20H36N2O2. The first-order chi connectivity index (χ1) is 11.7. The van der Waals surface area contributed by atoms with Crippen LogP contribution in [0.15, 0.2) is 0 Å². The van der Waals surface area contributed by atoms with Gasteiger partial charge in [-0.05, 0) is 25.7 Å². The van der Waals surface area contributed by atoms with E-state index >= 15 is 0 Å². The minimum atomic E-state index is -0.615. The highest BCUT2D eigenvalue weighted by molar-refractivity contribution is 4.83. The van der Waals surface area contributed by atoms with E-state index in [0.29, 0.717) is 12.8 Å². The fourth-order valence-electron chi connectivity index (χ4n) is 3.42. The third-order valence-corrected chi connectivity index (χ3v) is 4.87. The molecule has 0 fully saturated rings. The largest absolute Gasteiger partial charge is 0.353 e. The number of hydrogen-bond acceptors (Lipinski definition) is 4. The first-order valence-electron chi connectivity index (χ1n) is 9.54. The average molecular weight is 337 g/mol. The Labute approximate surface area is 149 Å². The molecule has 0 rings (SSSR count). The van der Waals surface area contributed by atoms with E-state index in [9.17, 15) is 0 Å². The maximum absolute atomic E-state index is 8.82. The molecule has 0 aromatic heterocycles. The highest BCUT2D eigenvalue weighted by Gasteiger charge is 2.37. The minimum absolute atomic E-state index is 0.283. The Balaban J connectivity index is 4.65. The molecule has 0 aliphatic heterocycles. The Morgan fingerprint density at radius 2 is 1.33 bits per heavy atom. The van der Waals surface area contributed by atoms with Gasteiger partial charge < -0.3 is 9.47 Å². The molecule has 0 saturated carbocycles. The van der Waals surface area contributed by atoms with Gasteiger partial charge in [0.1, 0.15) is 0 Å². The quantitative estimate of drug-likeness (QED) is 0.267. The van der Waals surface area contributed by atoms with Crippen LogP contribution in [0.3, 0.4) is 0 Å². The molecule has 138 valence electrons. The van der Waals surface area contributed by atoms with Gasteiger partial charge in [-0.3, -0.25) is 0 Å². The summed E-state index contributed by atoms with van der Waals surface area (Å²) in [7, 11) is 3.41. The third-order valence-electron chi connectivity index (χ3n) is 4.87.